The third-order valence-electron chi connectivity index (χ3n) is 2.92. The Labute approximate surface area is 276 Å². The Morgan fingerprint density at radius 3 is 0.605 bits per heavy atom. The fourth-order valence-corrected chi connectivity index (χ4v) is 3.15. The molecule has 0 aliphatic carbocycles. The molecule has 0 bridgehead atoms. The van der Waals surface area contributed by atoms with Gasteiger partial charge in [-0.2, -0.15) is 25.3 Å². The minimum absolute atomic E-state index is 0. The predicted molar refractivity (Wildman–Crippen MR) is 89.9 cm³/mol. The molecule has 0 saturated heterocycles. The summed E-state index contributed by atoms with van der Waals surface area (Å²) in [6, 6.07) is 0. The van der Waals surface area contributed by atoms with Crippen molar-refractivity contribution in [1.29, 1.82) is 0 Å². The van der Waals surface area contributed by atoms with E-state index in [1.165, 1.54) is 0 Å². The first-order valence-corrected chi connectivity index (χ1v) is 12.4. The maximum absolute atomic E-state index is 10.2. The Hall–Kier alpha value is -0.801. The molecule has 3 atom stereocenters. The first-order chi connectivity index (χ1) is 15.7. The molecule has 0 rings (SSSR count). The van der Waals surface area contributed by atoms with Gasteiger partial charge >= 0.3 is 79.9 Å². The Bertz CT molecular complexity index is 1020. The number of aliphatic carboxylic acids is 6. The summed E-state index contributed by atoms with van der Waals surface area (Å²) in [4.78, 5) is 59.2. The zero-order chi connectivity index (χ0) is 29.8. The van der Waals surface area contributed by atoms with Crippen molar-refractivity contribution in [3.8, 4) is 0 Å². The van der Waals surface area contributed by atoms with Crippen molar-refractivity contribution in [2.45, 2.75) is 35.0 Å². The normalized spacial score (nSPS) is 13.0. The SMILES string of the molecule is O=C([O-])CC(C(=O)[O-])S(=O)(=O)O.O=C([O-])CC(C(=O)[O-])S(=O)(=O)O.O=C([O-])CC(C(=O)[O-])S(=O)(=O)O.[Gd+3].[Gd+3]. The largest absolute Gasteiger partial charge is 3.00 e. The van der Waals surface area contributed by atoms with Gasteiger partial charge in [-0.3, -0.25) is 13.7 Å². The van der Waals surface area contributed by atoms with E-state index in [1.54, 1.807) is 0 Å². The summed E-state index contributed by atoms with van der Waals surface area (Å²) in [5.41, 5.74) is 0. The quantitative estimate of drug-likeness (QED) is 0.153. The van der Waals surface area contributed by atoms with E-state index in [4.69, 9.17) is 13.7 Å². The van der Waals surface area contributed by atoms with Gasteiger partial charge in [0, 0.05) is 37.2 Å². The van der Waals surface area contributed by atoms with Gasteiger partial charge in [0.1, 0.15) is 15.7 Å². The molecule has 0 fully saturated rings. The fourth-order valence-electron chi connectivity index (χ4n) is 1.38. The second-order valence-corrected chi connectivity index (χ2v) is 10.5. The Balaban J connectivity index is -0.000000140. The van der Waals surface area contributed by atoms with E-state index in [2.05, 4.69) is 0 Å². The Morgan fingerprint density at radius 2 is 0.579 bits per heavy atom. The smallest absolute Gasteiger partial charge is 0.550 e. The molecule has 38 heavy (non-hydrogen) atoms. The van der Waals surface area contributed by atoms with Crippen molar-refractivity contribution in [2.24, 2.45) is 0 Å². The Kier molecular flexibility index (Phi) is 24.9. The summed E-state index contributed by atoms with van der Waals surface area (Å²) in [5, 5.41) is 51.8. The number of carboxylic acid groups (broad SMARTS) is 6. The number of carbonyl (C=O) groups is 6. The standard InChI is InChI=1S/3C4H6O7S.2Gd/c3*5-3(6)1-2(4(7)8)12(9,10)11;;/h3*2H,1H2,(H,5,6)(H,7,8)(H,9,10,11);;/q;;;2*+3/p-6. The summed E-state index contributed by atoms with van der Waals surface area (Å²) < 4.78 is 85.4. The number of hydrogen-bond acceptors (Lipinski definition) is 18. The van der Waals surface area contributed by atoms with Gasteiger partial charge in [0.05, 0.1) is 17.9 Å². The molecule has 3 N–H and O–H groups in total. The molecular formula is C12H12Gd2O21S3. The van der Waals surface area contributed by atoms with E-state index < -0.39 is 101 Å². The van der Waals surface area contributed by atoms with Crippen LogP contribution in [0.1, 0.15) is 19.3 Å². The van der Waals surface area contributed by atoms with Gasteiger partial charge in [0.2, 0.25) is 0 Å². The first kappa shape index (κ1) is 47.0. The zero-order valence-electron chi connectivity index (χ0n) is 17.5. The first-order valence-electron chi connectivity index (χ1n) is 7.86. The number of carboxylic acids is 6. The number of hydrogen-bond donors (Lipinski definition) is 3. The molecule has 0 aromatic rings. The molecule has 220 valence electrons. The molecule has 3 unspecified atom stereocenters. The third-order valence-corrected chi connectivity index (χ3v) is 6.16. The molecule has 2 radical (unpaired) electrons. The topological polar surface area (TPSA) is 404 Å². The maximum Gasteiger partial charge on any atom is 3.00 e. The van der Waals surface area contributed by atoms with Gasteiger partial charge in [0.15, 0.2) is 0 Å². The van der Waals surface area contributed by atoms with Crippen LogP contribution in [0.4, 0.5) is 0 Å². The molecule has 0 aromatic heterocycles. The second-order valence-electron chi connectivity index (χ2n) is 5.70. The van der Waals surface area contributed by atoms with Crippen LogP contribution < -0.4 is 30.6 Å². The molecule has 0 saturated carbocycles. The Morgan fingerprint density at radius 1 is 0.447 bits per heavy atom. The van der Waals surface area contributed by atoms with Crippen LogP contribution in [0.15, 0.2) is 0 Å². The fraction of sp³-hybridized carbons (Fsp3) is 0.500. The maximum atomic E-state index is 10.2. The number of rotatable bonds is 12. The molecule has 0 aliphatic heterocycles. The van der Waals surface area contributed by atoms with Crippen molar-refractivity contribution in [3.63, 3.8) is 0 Å². The average molecular weight is 903 g/mol. The summed E-state index contributed by atoms with van der Waals surface area (Å²) >= 11 is 0. The molecule has 0 spiro atoms. The predicted octanol–water partition coefficient (Wildman–Crippen LogP) is -11.6. The van der Waals surface area contributed by atoms with Gasteiger partial charge in [-0.05, 0) is 0 Å². The van der Waals surface area contributed by atoms with Crippen molar-refractivity contribution < 1.29 is 178 Å². The average Bonchev–Trinajstić information content (AvgIpc) is 2.59. The van der Waals surface area contributed by atoms with E-state index in [9.17, 15) is 84.7 Å². The minimum Gasteiger partial charge on any atom is -0.550 e. The van der Waals surface area contributed by atoms with Gasteiger partial charge in [-0.25, -0.2) is 0 Å². The van der Waals surface area contributed by atoms with Crippen LogP contribution >= 0.6 is 0 Å². The minimum atomic E-state index is -4.94. The van der Waals surface area contributed by atoms with E-state index in [0.717, 1.165) is 0 Å². The third kappa shape index (κ3) is 24.3. The van der Waals surface area contributed by atoms with Gasteiger partial charge < -0.3 is 59.4 Å². The van der Waals surface area contributed by atoms with Crippen LogP contribution in [0.2, 0.25) is 0 Å². The molecule has 0 aromatic carbocycles. The van der Waals surface area contributed by atoms with Gasteiger partial charge in [0.25, 0.3) is 30.4 Å². The second kappa shape index (κ2) is 20.1. The van der Waals surface area contributed by atoms with E-state index in [0.29, 0.717) is 0 Å². The van der Waals surface area contributed by atoms with E-state index >= 15 is 0 Å². The molecule has 0 aliphatic rings. The van der Waals surface area contributed by atoms with Crippen LogP contribution in [-0.2, 0) is 59.1 Å². The van der Waals surface area contributed by atoms with Crippen molar-refractivity contribution in [1.82, 2.24) is 0 Å². The van der Waals surface area contributed by atoms with Crippen molar-refractivity contribution in [3.05, 3.63) is 0 Å². The van der Waals surface area contributed by atoms with Crippen LogP contribution in [0.3, 0.4) is 0 Å². The van der Waals surface area contributed by atoms with Crippen LogP contribution in [0, 0.1) is 79.9 Å². The van der Waals surface area contributed by atoms with Crippen molar-refractivity contribution in [2.75, 3.05) is 0 Å². The van der Waals surface area contributed by atoms with Crippen molar-refractivity contribution >= 4 is 66.2 Å². The molecular weight excluding hydrogens is 891 g/mol. The van der Waals surface area contributed by atoms with Crippen LogP contribution in [0.25, 0.3) is 0 Å². The van der Waals surface area contributed by atoms with E-state index in [-0.39, 0.29) is 79.9 Å². The summed E-state index contributed by atoms with van der Waals surface area (Å²) in [7, 11) is -14.8. The van der Waals surface area contributed by atoms with E-state index in [1.807, 2.05) is 0 Å². The van der Waals surface area contributed by atoms with Gasteiger partial charge in [-0.15, -0.1) is 0 Å². The monoisotopic (exact) mass is 904 g/mol. The summed E-state index contributed by atoms with van der Waals surface area (Å²) in [6.45, 7) is 0. The number of carbonyl (C=O) groups excluding carboxylic acids is 6. The summed E-state index contributed by atoms with van der Waals surface area (Å²) in [6.07, 6.45) is -4.00. The summed E-state index contributed by atoms with van der Waals surface area (Å²) in [5.74, 6) is -12.2. The molecule has 0 heterocycles. The molecule has 0 amide bonds. The van der Waals surface area contributed by atoms with Gasteiger partial charge in [-0.1, -0.05) is 0 Å². The zero-order valence-corrected chi connectivity index (χ0v) is 24.5. The van der Waals surface area contributed by atoms with Crippen LogP contribution in [0.5, 0.6) is 0 Å². The molecule has 26 heteroatoms. The van der Waals surface area contributed by atoms with Crippen LogP contribution in [-0.4, -0.2) is 90.5 Å². The molecule has 21 nitrogen and oxygen atoms in total.